The lowest BCUT2D eigenvalue weighted by atomic mass is 10.1. The molecule has 1 N–H and O–H groups in total. The van der Waals surface area contributed by atoms with Crippen molar-refractivity contribution in [3.63, 3.8) is 0 Å². The number of carbonyl (C=O) groups excluding carboxylic acids is 2. The molecule has 0 spiro atoms. The van der Waals surface area contributed by atoms with Crippen LogP contribution in [0, 0.1) is 13.8 Å². The Bertz CT molecular complexity index is 1170. The Morgan fingerprint density at radius 1 is 1.27 bits per heavy atom. The summed E-state index contributed by atoms with van der Waals surface area (Å²) in [7, 11) is 0. The number of aryl methyl sites for hydroxylation is 1. The minimum atomic E-state index is -0.760. The smallest absolute Gasteiger partial charge is 0.359 e. The minimum absolute atomic E-state index is 0.0261. The van der Waals surface area contributed by atoms with E-state index in [0.29, 0.717) is 22.9 Å². The van der Waals surface area contributed by atoms with Crippen LogP contribution in [0.3, 0.4) is 0 Å². The van der Waals surface area contributed by atoms with Gasteiger partial charge in [-0.2, -0.15) is 5.10 Å². The topological polar surface area (TPSA) is 103 Å². The highest BCUT2D eigenvalue weighted by atomic mass is 16.5. The fourth-order valence-corrected chi connectivity index (χ4v) is 3.90. The SMILES string of the molecule is Cc1cc(C(=O)COC(=O)c2n[nH]c(=O)c3ccccc23)c(C)n1C[C@H]1CCCO1. The zero-order chi connectivity index (χ0) is 21.3. The summed E-state index contributed by atoms with van der Waals surface area (Å²) in [5.41, 5.74) is 1.90. The van der Waals surface area contributed by atoms with Crippen LogP contribution in [0.2, 0.25) is 0 Å². The Kier molecular flexibility index (Phi) is 5.50. The van der Waals surface area contributed by atoms with Gasteiger partial charge < -0.3 is 14.0 Å². The first-order chi connectivity index (χ1) is 14.5. The van der Waals surface area contributed by atoms with Crippen LogP contribution in [0.4, 0.5) is 0 Å². The number of H-pyrrole nitrogens is 1. The summed E-state index contributed by atoms with van der Waals surface area (Å²) in [6.07, 6.45) is 2.23. The van der Waals surface area contributed by atoms with Gasteiger partial charge in [0, 0.05) is 35.5 Å². The molecule has 1 atom stereocenters. The van der Waals surface area contributed by atoms with E-state index in [1.807, 2.05) is 19.9 Å². The quantitative estimate of drug-likeness (QED) is 0.496. The zero-order valence-electron chi connectivity index (χ0n) is 16.9. The number of nitrogens with zero attached hydrogens (tertiary/aromatic N) is 2. The first kappa shape index (κ1) is 20.0. The van der Waals surface area contributed by atoms with Crippen LogP contribution in [0.5, 0.6) is 0 Å². The molecule has 156 valence electrons. The van der Waals surface area contributed by atoms with Crippen molar-refractivity contribution in [2.24, 2.45) is 0 Å². The number of benzene rings is 1. The third kappa shape index (κ3) is 3.78. The molecule has 0 bridgehead atoms. The lowest BCUT2D eigenvalue weighted by Crippen LogP contribution is -2.20. The molecule has 0 aliphatic carbocycles. The first-order valence-corrected chi connectivity index (χ1v) is 9.91. The number of Topliss-reactive ketones (excluding diaryl/α,β-unsaturated/α-hetero) is 1. The van der Waals surface area contributed by atoms with Gasteiger partial charge in [0.05, 0.1) is 11.5 Å². The first-order valence-electron chi connectivity index (χ1n) is 9.91. The average molecular weight is 409 g/mol. The molecule has 3 heterocycles. The number of nitrogens with one attached hydrogen (secondary N) is 1. The average Bonchev–Trinajstić information content (AvgIpc) is 3.36. The highest BCUT2D eigenvalue weighted by Gasteiger charge is 2.22. The number of carbonyl (C=O) groups is 2. The predicted octanol–water partition coefficient (Wildman–Crippen LogP) is 2.56. The van der Waals surface area contributed by atoms with Gasteiger partial charge in [-0.3, -0.25) is 9.59 Å². The molecule has 0 saturated carbocycles. The van der Waals surface area contributed by atoms with Crippen molar-refractivity contribution in [1.29, 1.82) is 0 Å². The summed E-state index contributed by atoms with van der Waals surface area (Å²) in [6, 6.07) is 8.43. The summed E-state index contributed by atoms with van der Waals surface area (Å²) in [5, 5.41) is 6.82. The number of aromatic amines is 1. The number of esters is 1. The molecule has 1 saturated heterocycles. The Morgan fingerprint density at radius 3 is 2.77 bits per heavy atom. The van der Waals surface area contributed by atoms with Crippen LogP contribution in [0.25, 0.3) is 10.8 Å². The normalized spacial score (nSPS) is 16.1. The third-order valence-electron chi connectivity index (χ3n) is 5.51. The number of hydrogen-bond donors (Lipinski definition) is 1. The molecule has 1 aliphatic rings. The van der Waals surface area contributed by atoms with Crippen LogP contribution in [0.1, 0.15) is 45.1 Å². The highest BCUT2D eigenvalue weighted by Crippen LogP contribution is 2.21. The van der Waals surface area contributed by atoms with E-state index in [2.05, 4.69) is 14.8 Å². The second-order valence-corrected chi connectivity index (χ2v) is 7.48. The number of ether oxygens (including phenoxy) is 2. The Morgan fingerprint density at radius 2 is 2.03 bits per heavy atom. The van der Waals surface area contributed by atoms with Gasteiger partial charge in [0.15, 0.2) is 12.3 Å². The molecule has 2 aromatic heterocycles. The van der Waals surface area contributed by atoms with Crippen LogP contribution in [-0.2, 0) is 16.0 Å². The maximum absolute atomic E-state index is 12.7. The van der Waals surface area contributed by atoms with Crippen molar-refractivity contribution < 1.29 is 19.1 Å². The number of fused-ring (bicyclic) bond motifs is 1. The van der Waals surface area contributed by atoms with Crippen LogP contribution < -0.4 is 5.56 Å². The number of hydrogen-bond acceptors (Lipinski definition) is 6. The van der Waals surface area contributed by atoms with Gasteiger partial charge in [0.25, 0.3) is 5.56 Å². The molecule has 8 nitrogen and oxygen atoms in total. The molecule has 1 aromatic carbocycles. The van der Waals surface area contributed by atoms with Crippen LogP contribution in [-0.4, -0.2) is 45.8 Å². The van der Waals surface area contributed by atoms with Gasteiger partial charge >= 0.3 is 5.97 Å². The molecule has 8 heteroatoms. The lowest BCUT2D eigenvalue weighted by molar-refractivity contribution is 0.0469. The molecule has 1 aliphatic heterocycles. The number of aromatic nitrogens is 3. The standard InChI is InChI=1S/C22H23N3O5/c1-13-10-18(14(2)25(13)11-15-6-5-9-29-15)19(26)12-30-22(28)20-16-7-3-4-8-17(16)21(27)24-23-20/h3-4,7-8,10,15H,5-6,9,11-12H2,1-2H3,(H,24,27)/t15-/m1/s1. The van der Waals surface area contributed by atoms with Crippen molar-refractivity contribution >= 4 is 22.5 Å². The van der Waals surface area contributed by atoms with Gasteiger partial charge in [-0.25, -0.2) is 9.89 Å². The maximum atomic E-state index is 12.7. The van der Waals surface area contributed by atoms with E-state index in [9.17, 15) is 14.4 Å². The van der Waals surface area contributed by atoms with E-state index in [1.165, 1.54) is 0 Å². The van der Waals surface area contributed by atoms with Gasteiger partial charge in [-0.05, 0) is 38.8 Å². The van der Waals surface area contributed by atoms with Gasteiger partial charge in [0.1, 0.15) is 0 Å². The van der Waals surface area contributed by atoms with E-state index in [1.54, 1.807) is 24.3 Å². The summed E-state index contributed by atoms with van der Waals surface area (Å²) >= 11 is 0. The maximum Gasteiger partial charge on any atom is 0.359 e. The predicted molar refractivity (Wildman–Crippen MR) is 110 cm³/mol. The summed E-state index contributed by atoms with van der Waals surface area (Å²) < 4.78 is 13.0. The number of ketones is 1. The van der Waals surface area contributed by atoms with E-state index in [-0.39, 0.29) is 17.6 Å². The van der Waals surface area contributed by atoms with E-state index >= 15 is 0 Å². The van der Waals surface area contributed by atoms with Crippen molar-refractivity contribution in [2.75, 3.05) is 13.2 Å². The fourth-order valence-electron chi connectivity index (χ4n) is 3.90. The molecule has 0 amide bonds. The summed E-state index contributed by atoms with van der Waals surface area (Å²) in [4.78, 5) is 37.1. The van der Waals surface area contributed by atoms with Crippen molar-refractivity contribution in [1.82, 2.24) is 14.8 Å². The summed E-state index contributed by atoms with van der Waals surface area (Å²) in [5.74, 6) is -1.05. The zero-order valence-corrected chi connectivity index (χ0v) is 16.9. The molecule has 1 fully saturated rings. The Labute approximate surface area is 172 Å². The molecule has 4 rings (SSSR count). The fraction of sp³-hybridized carbons (Fsp3) is 0.364. The van der Waals surface area contributed by atoms with E-state index < -0.39 is 18.1 Å². The lowest BCUT2D eigenvalue weighted by Gasteiger charge is -2.14. The molecule has 30 heavy (non-hydrogen) atoms. The van der Waals surface area contributed by atoms with Crippen molar-refractivity contribution in [2.45, 2.75) is 39.3 Å². The van der Waals surface area contributed by atoms with Gasteiger partial charge in [-0.15, -0.1) is 0 Å². The van der Waals surface area contributed by atoms with Crippen LogP contribution >= 0.6 is 0 Å². The largest absolute Gasteiger partial charge is 0.452 e. The van der Waals surface area contributed by atoms with Gasteiger partial charge in [0.2, 0.25) is 5.78 Å². The second-order valence-electron chi connectivity index (χ2n) is 7.48. The van der Waals surface area contributed by atoms with Crippen LogP contribution in [0.15, 0.2) is 35.1 Å². The molecule has 0 unspecified atom stereocenters. The Hall–Kier alpha value is -3.26. The molecule has 3 aromatic rings. The van der Waals surface area contributed by atoms with E-state index in [4.69, 9.17) is 9.47 Å². The molecule has 0 radical (unpaired) electrons. The van der Waals surface area contributed by atoms with Crippen molar-refractivity contribution in [3.8, 4) is 0 Å². The highest BCUT2D eigenvalue weighted by molar-refractivity contribution is 6.04. The van der Waals surface area contributed by atoms with Gasteiger partial charge in [-0.1, -0.05) is 18.2 Å². The summed E-state index contributed by atoms with van der Waals surface area (Å²) in [6.45, 7) is 4.91. The molecular formula is C22H23N3O5. The monoisotopic (exact) mass is 409 g/mol. The molecular weight excluding hydrogens is 386 g/mol. The number of rotatable bonds is 6. The third-order valence-corrected chi connectivity index (χ3v) is 5.51. The van der Waals surface area contributed by atoms with E-state index in [0.717, 1.165) is 30.8 Å². The minimum Gasteiger partial charge on any atom is -0.452 e. The second kappa shape index (κ2) is 8.23. The van der Waals surface area contributed by atoms with Crippen molar-refractivity contribution in [3.05, 3.63) is 63.3 Å². The Balaban J connectivity index is 1.48.